The van der Waals surface area contributed by atoms with E-state index in [1.54, 1.807) is 0 Å². The highest BCUT2D eigenvalue weighted by atomic mass is 16.6. The van der Waals surface area contributed by atoms with Gasteiger partial charge in [-0.05, 0) is 103 Å². The van der Waals surface area contributed by atoms with Gasteiger partial charge in [0.25, 0.3) is 0 Å². The van der Waals surface area contributed by atoms with Crippen LogP contribution in [0.15, 0.2) is 48.6 Å². The lowest BCUT2D eigenvalue weighted by molar-refractivity contribution is -0.167. The molecule has 0 heterocycles. The Kier molecular flexibility index (Phi) is 51.8. The molecular formula is C59H106O6. The second kappa shape index (κ2) is 54.0. The second-order valence-corrected chi connectivity index (χ2v) is 18.8. The van der Waals surface area contributed by atoms with Gasteiger partial charge in [0, 0.05) is 19.3 Å². The van der Waals surface area contributed by atoms with E-state index in [1.807, 2.05) is 0 Å². The largest absolute Gasteiger partial charge is 0.462 e. The Balaban J connectivity index is 4.35. The average molecular weight is 911 g/mol. The van der Waals surface area contributed by atoms with Crippen molar-refractivity contribution >= 4 is 17.9 Å². The molecule has 378 valence electrons. The van der Waals surface area contributed by atoms with Crippen LogP contribution >= 0.6 is 0 Å². The van der Waals surface area contributed by atoms with Crippen molar-refractivity contribution in [3.8, 4) is 0 Å². The maximum Gasteiger partial charge on any atom is 0.306 e. The highest BCUT2D eigenvalue weighted by Gasteiger charge is 2.19. The van der Waals surface area contributed by atoms with E-state index < -0.39 is 6.10 Å². The molecule has 0 radical (unpaired) electrons. The maximum atomic E-state index is 12.8. The normalized spacial score (nSPS) is 12.4. The molecule has 0 rings (SSSR count). The van der Waals surface area contributed by atoms with Crippen LogP contribution in [0.3, 0.4) is 0 Å². The van der Waals surface area contributed by atoms with Gasteiger partial charge in [0.05, 0.1) is 0 Å². The van der Waals surface area contributed by atoms with Gasteiger partial charge in [-0.3, -0.25) is 14.4 Å². The van der Waals surface area contributed by atoms with Crippen LogP contribution in [-0.4, -0.2) is 37.2 Å². The van der Waals surface area contributed by atoms with Gasteiger partial charge < -0.3 is 14.2 Å². The number of allylic oxidation sites excluding steroid dienone is 8. The summed E-state index contributed by atoms with van der Waals surface area (Å²) in [4.78, 5) is 38.1. The van der Waals surface area contributed by atoms with E-state index in [1.165, 1.54) is 167 Å². The molecule has 0 aliphatic carbocycles. The zero-order valence-corrected chi connectivity index (χ0v) is 43.3. The second-order valence-electron chi connectivity index (χ2n) is 18.8. The van der Waals surface area contributed by atoms with E-state index in [4.69, 9.17) is 14.2 Å². The topological polar surface area (TPSA) is 78.9 Å². The predicted octanol–water partition coefficient (Wildman–Crippen LogP) is 18.7. The fourth-order valence-corrected chi connectivity index (χ4v) is 7.99. The van der Waals surface area contributed by atoms with Crippen LogP contribution in [0.25, 0.3) is 0 Å². The highest BCUT2D eigenvalue weighted by molar-refractivity contribution is 5.71. The van der Waals surface area contributed by atoms with Crippen LogP contribution in [0.4, 0.5) is 0 Å². The molecule has 1 unspecified atom stereocenters. The molecule has 0 amide bonds. The van der Waals surface area contributed by atoms with E-state index in [9.17, 15) is 14.4 Å². The van der Waals surface area contributed by atoms with Gasteiger partial charge >= 0.3 is 17.9 Å². The van der Waals surface area contributed by atoms with Crippen molar-refractivity contribution in [2.24, 2.45) is 0 Å². The third kappa shape index (κ3) is 52.2. The maximum absolute atomic E-state index is 12.8. The lowest BCUT2D eigenvalue weighted by Crippen LogP contribution is -2.30. The highest BCUT2D eigenvalue weighted by Crippen LogP contribution is 2.15. The number of esters is 3. The first-order valence-electron chi connectivity index (χ1n) is 28.1. The number of hydrogen-bond acceptors (Lipinski definition) is 6. The fourth-order valence-electron chi connectivity index (χ4n) is 7.99. The molecular weight excluding hydrogens is 805 g/mol. The van der Waals surface area contributed by atoms with Gasteiger partial charge in [-0.15, -0.1) is 0 Å². The molecule has 65 heavy (non-hydrogen) atoms. The SMILES string of the molecule is CCCCC/C=C\C/C=C\CCCCCCCCCCCC(=O)OCC(COC(=O)CCCCCCC/C=C\CCCCC)OC(=O)CCCCCCC/C=C\CCCCCCCCC. The van der Waals surface area contributed by atoms with E-state index in [0.717, 1.165) is 83.5 Å². The number of carbonyl (C=O) groups excluding carboxylic acids is 3. The summed E-state index contributed by atoms with van der Waals surface area (Å²) in [7, 11) is 0. The van der Waals surface area contributed by atoms with Crippen LogP contribution < -0.4 is 0 Å². The molecule has 0 aromatic rings. The summed E-state index contributed by atoms with van der Waals surface area (Å²) >= 11 is 0. The van der Waals surface area contributed by atoms with Crippen molar-refractivity contribution in [1.82, 2.24) is 0 Å². The smallest absolute Gasteiger partial charge is 0.306 e. The molecule has 0 aliphatic rings. The molecule has 0 saturated heterocycles. The number of hydrogen-bond donors (Lipinski definition) is 0. The van der Waals surface area contributed by atoms with Crippen molar-refractivity contribution in [1.29, 1.82) is 0 Å². The minimum absolute atomic E-state index is 0.0800. The van der Waals surface area contributed by atoms with Crippen molar-refractivity contribution in [2.45, 2.75) is 297 Å². The summed E-state index contributed by atoms with van der Waals surface area (Å²) in [5.74, 6) is -0.891. The van der Waals surface area contributed by atoms with Gasteiger partial charge in [0.2, 0.25) is 0 Å². The molecule has 0 fully saturated rings. The van der Waals surface area contributed by atoms with Crippen LogP contribution in [0, 0.1) is 0 Å². The molecule has 6 nitrogen and oxygen atoms in total. The first kappa shape index (κ1) is 62.4. The molecule has 0 aromatic carbocycles. The minimum atomic E-state index is -0.781. The molecule has 0 aliphatic heterocycles. The van der Waals surface area contributed by atoms with Gasteiger partial charge in [0.1, 0.15) is 13.2 Å². The van der Waals surface area contributed by atoms with Gasteiger partial charge in [-0.25, -0.2) is 0 Å². The summed E-state index contributed by atoms with van der Waals surface area (Å²) < 4.78 is 16.8. The van der Waals surface area contributed by atoms with Crippen molar-refractivity contribution in [2.75, 3.05) is 13.2 Å². The van der Waals surface area contributed by atoms with Crippen LogP contribution in [0.2, 0.25) is 0 Å². The van der Waals surface area contributed by atoms with E-state index in [2.05, 4.69) is 69.4 Å². The Morgan fingerprint density at radius 1 is 0.308 bits per heavy atom. The molecule has 0 aromatic heterocycles. The van der Waals surface area contributed by atoms with Crippen molar-refractivity contribution in [3.05, 3.63) is 48.6 Å². The summed E-state index contributed by atoms with van der Waals surface area (Å²) in [6.07, 6.45) is 65.2. The Morgan fingerprint density at radius 2 is 0.554 bits per heavy atom. The number of carbonyl (C=O) groups is 3. The van der Waals surface area contributed by atoms with E-state index in [0.29, 0.717) is 19.3 Å². The lowest BCUT2D eigenvalue weighted by Gasteiger charge is -2.18. The predicted molar refractivity (Wildman–Crippen MR) is 279 cm³/mol. The summed E-state index contributed by atoms with van der Waals surface area (Å²) in [5.41, 5.74) is 0. The Hall–Kier alpha value is -2.63. The molecule has 1 atom stereocenters. The molecule has 0 spiro atoms. The standard InChI is InChI=1S/C59H106O6/c1-4-7-10-13-16-19-22-25-27-29-30-31-33-34-37-40-43-46-49-52-58(61)64-55-56(54-63-57(60)51-48-45-42-39-36-24-21-18-15-12-9-6-3)65-59(62)53-50-47-44-41-38-35-32-28-26-23-20-17-14-11-8-5-2/h16,18-19,21,25,27-28,32,56H,4-15,17,20,22-24,26,29-31,33-55H2,1-3H3/b19-16-,21-18-,27-25-,32-28-. The van der Waals surface area contributed by atoms with E-state index in [-0.39, 0.29) is 31.1 Å². The molecule has 0 saturated carbocycles. The zero-order chi connectivity index (χ0) is 47.2. The van der Waals surface area contributed by atoms with Crippen LogP contribution in [0.5, 0.6) is 0 Å². The van der Waals surface area contributed by atoms with Crippen LogP contribution in [0.1, 0.15) is 290 Å². The fraction of sp³-hybridized carbons (Fsp3) is 0.814. The average Bonchev–Trinajstić information content (AvgIpc) is 3.30. The first-order valence-corrected chi connectivity index (χ1v) is 28.1. The minimum Gasteiger partial charge on any atom is -0.462 e. The first-order chi connectivity index (χ1) is 32.0. The number of ether oxygens (including phenoxy) is 3. The number of rotatable bonds is 51. The molecule has 0 N–H and O–H groups in total. The monoisotopic (exact) mass is 911 g/mol. The van der Waals surface area contributed by atoms with Crippen molar-refractivity contribution in [3.63, 3.8) is 0 Å². The van der Waals surface area contributed by atoms with Gasteiger partial charge in [-0.1, -0.05) is 217 Å². The quantitative estimate of drug-likeness (QED) is 0.0262. The zero-order valence-electron chi connectivity index (χ0n) is 43.3. The Labute approximate surface area is 403 Å². The summed E-state index contributed by atoms with van der Waals surface area (Å²) in [6.45, 7) is 6.59. The lowest BCUT2D eigenvalue weighted by atomic mass is 10.1. The van der Waals surface area contributed by atoms with Crippen molar-refractivity contribution < 1.29 is 28.6 Å². The van der Waals surface area contributed by atoms with Crippen LogP contribution in [-0.2, 0) is 28.6 Å². The van der Waals surface area contributed by atoms with Gasteiger partial charge in [0.15, 0.2) is 6.10 Å². The Morgan fingerprint density at radius 3 is 0.892 bits per heavy atom. The summed E-state index contributed by atoms with van der Waals surface area (Å²) in [6, 6.07) is 0. The third-order valence-electron chi connectivity index (χ3n) is 12.3. The molecule has 0 bridgehead atoms. The molecule has 6 heteroatoms. The van der Waals surface area contributed by atoms with E-state index >= 15 is 0 Å². The Bertz CT molecular complexity index is 1140. The number of unbranched alkanes of at least 4 members (excludes halogenated alkanes) is 32. The van der Waals surface area contributed by atoms with Gasteiger partial charge in [-0.2, -0.15) is 0 Å². The summed E-state index contributed by atoms with van der Waals surface area (Å²) in [5, 5.41) is 0. The third-order valence-corrected chi connectivity index (χ3v) is 12.3.